The molecule has 2 aliphatic heterocycles. The van der Waals surface area contributed by atoms with Gasteiger partial charge in [0.05, 0.1) is 10.7 Å². The molecule has 142 valence electrons. The van der Waals surface area contributed by atoms with Crippen molar-refractivity contribution in [3.05, 3.63) is 27.7 Å². The Balaban J connectivity index is 0.00000156. The van der Waals surface area contributed by atoms with E-state index in [4.69, 9.17) is 0 Å². The topological polar surface area (TPSA) is 57.3 Å². The van der Waals surface area contributed by atoms with Gasteiger partial charge in [-0.05, 0) is 45.8 Å². The quantitative estimate of drug-likeness (QED) is 0.737. The van der Waals surface area contributed by atoms with Crippen molar-refractivity contribution in [2.45, 2.75) is 32.7 Å². The van der Waals surface area contributed by atoms with Crippen molar-refractivity contribution in [2.24, 2.45) is 5.92 Å². The van der Waals surface area contributed by atoms with Crippen molar-refractivity contribution in [3.63, 3.8) is 0 Å². The minimum atomic E-state index is 0. The van der Waals surface area contributed by atoms with Crippen LogP contribution in [0.1, 0.15) is 30.0 Å². The van der Waals surface area contributed by atoms with E-state index < -0.39 is 0 Å². The number of hydrogen-bond donors (Lipinski definition) is 2. The van der Waals surface area contributed by atoms with Gasteiger partial charge in [-0.25, -0.2) is 4.98 Å². The van der Waals surface area contributed by atoms with E-state index in [1.165, 1.54) is 5.57 Å². The number of nitrogens with zero attached hydrogens (tertiary/aromatic N) is 2. The molecule has 1 saturated heterocycles. The first-order valence-corrected chi connectivity index (χ1v) is 9.38. The van der Waals surface area contributed by atoms with E-state index in [1.54, 1.807) is 11.3 Å². The van der Waals surface area contributed by atoms with Gasteiger partial charge in [-0.3, -0.25) is 9.69 Å². The fraction of sp³-hybridized carbons (Fsp3) is 0.647. The van der Waals surface area contributed by atoms with Crippen LogP contribution in [0.5, 0.6) is 0 Å². The van der Waals surface area contributed by atoms with Gasteiger partial charge >= 0.3 is 0 Å². The highest BCUT2D eigenvalue weighted by Gasteiger charge is 2.25. The predicted molar refractivity (Wildman–Crippen MR) is 108 cm³/mol. The zero-order valence-corrected chi connectivity index (χ0v) is 17.1. The number of halogens is 2. The summed E-state index contributed by atoms with van der Waals surface area (Å²) < 4.78 is 0. The van der Waals surface area contributed by atoms with Gasteiger partial charge < -0.3 is 10.6 Å². The number of carbonyl (C=O) groups excluding carboxylic acids is 1. The molecule has 2 aliphatic rings. The van der Waals surface area contributed by atoms with Gasteiger partial charge in [0.15, 0.2) is 0 Å². The Hall–Kier alpha value is -0.660. The van der Waals surface area contributed by atoms with Crippen molar-refractivity contribution >= 4 is 42.1 Å². The molecule has 5 nitrogen and oxygen atoms in total. The molecule has 25 heavy (non-hydrogen) atoms. The minimum absolute atomic E-state index is 0. The van der Waals surface area contributed by atoms with Crippen LogP contribution in [0.2, 0.25) is 0 Å². The van der Waals surface area contributed by atoms with Crippen LogP contribution >= 0.6 is 36.2 Å². The van der Waals surface area contributed by atoms with Gasteiger partial charge in [0, 0.05) is 30.9 Å². The number of aryl methyl sites for hydroxylation is 1. The Morgan fingerprint density at radius 1 is 1.40 bits per heavy atom. The molecule has 1 amide bonds. The maximum absolute atomic E-state index is 12.3. The maximum Gasteiger partial charge on any atom is 0.223 e. The molecule has 0 aromatic carbocycles. The summed E-state index contributed by atoms with van der Waals surface area (Å²) >= 11 is 1.71. The van der Waals surface area contributed by atoms with Crippen molar-refractivity contribution in [1.29, 1.82) is 0 Å². The number of likely N-dealkylation sites (tertiary alicyclic amines) is 1. The molecule has 0 radical (unpaired) electrons. The molecule has 0 saturated carbocycles. The molecule has 3 heterocycles. The molecule has 3 rings (SSSR count). The van der Waals surface area contributed by atoms with Crippen LogP contribution in [0, 0.1) is 12.8 Å². The number of thiazole rings is 1. The van der Waals surface area contributed by atoms with Gasteiger partial charge in [-0.1, -0.05) is 11.6 Å². The van der Waals surface area contributed by atoms with Crippen molar-refractivity contribution in [3.8, 4) is 0 Å². The monoisotopic (exact) mass is 406 g/mol. The maximum atomic E-state index is 12.3. The summed E-state index contributed by atoms with van der Waals surface area (Å²) in [7, 11) is 0. The van der Waals surface area contributed by atoms with Crippen molar-refractivity contribution < 1.29 is 4.79 Å². The lowest BCUT2D eigenvalue weighted by atomic mass is 9.95. The second kappa shape index (κ2) is 11.1. The van der Waals surface area contributed by atoms with Crippen LogP contribution in [0.15, 0.2) is 17.0 Å². The van der Waals surface area contributed by atoms with E-state index in [1.807, 2.05) is 6.92 Å². The second-order valence-electron chi connectivity index (χ2n) is 6.44. The van der Waals surface area contributed by atoms with Crippen LogP contribution in [-0.4, -0.2) is 48.5 Å². The highest BCUT2D eigenvalue weighted by Crippen LogP contribution is 2.20. The molecule has 0 spiro atoms. The highest BCUT2D eigenvalue weighted by atomic mass is 35.5. The molecule has 1 aromatic rings. The van der Waals surface area contributed by atoms with E-state index in [0.717, 1.165) is 69.2 Å². The van der Waals surface area contributed by atoms with E-state index >= 15 is 0 Å². The number of nitrogens with one attached hydrogen (secondary N) is 2. The molecule has 1 aromatic heterocycles. The zero-order chi connectivity index (χ0) is 16.1. The zero-order valence-electron chi connectivity index (χ0n) is 14.6. The highest BCUT2D eigenvalue weighted by molar-refractivity contribution is 7.09. The minimum Gasteiger partial charge on any atom is -0.352 e. The van der Waals surface area contributed by atoms with E-state index in [9.17, 15) is 4.79 Å². The molecule has 8 heteroatoms. The molecule has 0 unspecified atom stereocenters. The first kappa shape index (κ1) is 22.4. The first-order chi connectivity index (χ1) is 11.2. The summed E-state index contributed by atoms with van der Waals surface area (Å²) in [5, 5.41) is 9.68. The molecular formula is C17H28Cl2N4OS. The van der Waals surface area contributed by atoms with Crippen LogP contribution in [-0.2, 0) is 11.3 Å². The van der Waals surface area contributed by atoms with Crippen molar-refractivity contribution in [2.75, 3.05) is 32.7 Å². The summed E-state index contributed by atoms with van der Waals surface area (Å²) in [5.74, 6) is 0.402. The van der Waals surface area contributed by atoms with Gasteiger partial charge in [-0.15, -0.1) is 36.2 Å². The number of hydrogen-bond acceptors (Lipinski definition) is 5. The van der Waals surface area contributed by atoms with Gasteiger partial charge in [0.1, 0.15) is 0 Å². The standard InChI is InChI=1S/C17H26N4OS.2ClH/c1-13-20-16(12-23-13)11-21-8-4-15(5-9-21)17(22)19-10-14-2-6-18-7-3-14;;/h2,12,15,18H,3-11H2,1H3,(H,19,22);2*1H. The fourth-order valence-electron chi connectivity index (χ4n) is 3.24. The third-order valence-corrected chi connectivity index (χ3v) is 5.48. The predicted octanol–water partition coefficient (Wildman–Crippen LogP) is 2.54. The Bertz CT molecular complexity index is 571. The second-order valence-corrected chi connectivity index (χ2v) is 7.50. The number of carbonyl (C=O) groups is 1. The smallest absolute Gasteiger partial charge is 0.223 e. The Kier molecular flexibility index (Phi) is 9.97. The Morgan fingerprint density at radius 3 is 2.76 bits per heavy atom. The van der Waals surface area contributed by atoms with Gasteiger partial charge in [0.2, 0.25) is 5.91 Å². The molecule has 0 bridgehead atoms. The molecular weight excluding hydrogens is 379 g/mol. The largest absolute Gasteiger partial charge is 0.352 e. The van der Waals surface area contributed by atoms with E-state index in [2.05, 4.69) is 32.0 Å². The molecule has 0 aliphatic carbocycles. The first-order valence-electron chi connectivity index (χ1n) is 8.50. The number of piperidine rings is 1. The summed E-state index contributed by atoms with van der Waals surface area (Å²) in [6.45, 7) is 7.61. The number of amides is 1. The third kappa shape index (κ3) is 6.87. The summed E-state index contributed by atoms with van der Waals surface area (Å²) in [5.41, 5.74) is 2.52. The van der Waals surface area contributed by atoms with Crippen LogP contribution in [0.4, 0.5) is 0 Å². The summed E-state index contributed by atoms with van der Waals surface area (Å²) in [4.78, 5) is 19.3. The fourth-order valence-corrected chi connectivity index (χ4v) is 3.84. The summed E-state index contributed by atoms with van der Waals surface area (Å²) in [6, 6.07) is 0. The third-order valence-electron chi connectivity index (χ3n) is 4.66. The molecule has 2 N–H and O–H groups in total. The SMILES string of the molecule is Cc1nc(CN2CCC(C(=O)NCC3=CCNCC3)CC2)cs1.Cl.Cl. The van der Waals surface area contributed by atoms with Crippen molar-refractivity contribution in [1.82, 2.24) is 20.5 Å². The normalized spacial score (nSPS) is 18.7. The number of rotatable bonds is 5. The van der Waals surface area contributed by atoms with Crippen LogP contribution < -0.4 is 10.6 Å². The lowest BCUT2D eigenvalue weighted by Crippen LogP contribution is -2.41. The van der Waals surface area contributed by atoms with Gasteiger partial charge in [-0.2, -0.15) is 0 Å². The van der Waals surface area contributed by atoms with Crippen LogP contribution in [0.25, 0.3) is 0 Å². The lowest BCUT2D eigenvalue weighted by Gasteiger charge is -2.30. The van der Waals surface area contributed by atoms with Gasteiger partial charge in [0.25, 0.3) is 0 Å². The Labute approximate surface area is 166 Å². The van der Waals surface area contributed by atoms with Crippen LogP contribution in [0.3, 0.4) is 0 Å². The number of aromatic nitrogens is 1. The summed E-state index contributed by atoms with van der Waals surface area (Å²) in [6.07, 6.45) is 5.15. The average Bonchev–Trinajstić information content (AvgIpc) is 2.99. The molecule has 0 atom stereocenters. The average molecular weight is 407 g/mol. The van der Waals surface area contributed by atoms with E-state index in [0.29, 0.717) is 0 Å². The Morgan fingerprint density at radius 2 is 2.16 bits per heavy atom. The van der Waals surface area contributed by atoms with E-state index in [-0.39, 0.29) is 36.6 Å². The molecule has 1 fully saturated rings. The lowest BCUT2D eigenvalue weighted by molar-refractivity contribution is -0.126.